The third kappa shape index (κ3) is 17.6. The van der Waals surface area contributed by atoms with Gasteiger partial charge in [0.25, 0.3) is 0 Å². The zero-order chi connectivity index (χ0) is 0. The summed E-state index contributed by atoms with van der Waals surface area (Å²) in [5, 5.41) is 0. The molecule has 5 heteroatoms. The van der Waals surface area contributed by atoms with Gasteiger partial charge < -0.3 is 0 Å². The number of hydrogen-bond acceptors (Lipinski definition) is 0. The minimum atomic E-state index is 0. The Kier molecular flexibility index (Phi) is 147. The molecule has 0 aromatic carbocycles. The monoisotopic (exact) mass is 648 g/mol. The van der Waals surface area contributed by atoms with Gasteiger partial charge in [0.15, 0.2) is 0 Å². The SMILES string of the molecule is [Pr].[Pr].[SnH2].[SnH2].[SnH2]. The predicted octanol–water partition coefficient (Wildman–Crippen LogP) is -2.75. The normalized spacial score (nSPS) is 0. The van der Waals surface area contributed by atoms with E-state index in [1.54, 1.807) is 0 Å². The van der Waals surface area contributed by atoms with Gasteiger partial charge in [0, 0.05) is 82.6 Å². The molecule has 0 heterocycles. The molecule has 24 valence electrons. The summed E-state index contributed by atoms with van der Waals surface area (Å²) < 4.78 is 0. The zero-order valence-electron chi connectivity index (χ0n) is 3.28. The van der Waals surface area contributed by atoms with Gasteiger partial charge in [0.1, 0.15) is 0 Å². The fraction of sp³-hybridized carbons (Fsp3) is 0. The van der Waals surface area contributed by atoms with Gasteiger partial charge in [-0.2, -0.15) is 0 Å². The first-order valence-corrected chi connectivity index (χ1v) is 0. The Balaban J connectivity index is 0. The number of rotatable bonds is 0. The maximum atomic E-state index is 0. The summed E-state index contributed by atoms with van der Waals surface area (Å²) >= 11 is 0. The Hall–Kier alpha value is 5.12. The van der Waals surface area contributed by atoms with E-state index in [-0.39, 0.29) is 154 Å². The Labute approximate surface area is 150 Å². The molecule has 0 aliphatic carbocycles. The van der Waals surface area contributed by atoms with E-state index in [4.69, 9.17) is 0 Å². The molecular weight excluding hydrogens is 638 g/mol. The average molecular weight is 644 g/mol. The van der Waals surface area contributed by atoms with Gasteiger partial charge in [-0.3, -0.25) is 0 Å². The molecule has 0 aromatic heterocycles. The third-order valence-corrected chi connectivity index (χ3v) is 0. The Bertz CT molecular complexity index is 4.85. The zero-order valence-corrected chi connectivity index (χ0v) is 22.8. The van der Waals surface area contributed by atoms with Crippen molar-refractivity contribution in [1.82, 2.24) is 0 Å². The van der Waals surface area contributed by atoms with E-state index in [1.807, 2.05) is 0 Å². The van der Waals surface area contributed by atoms with Crippen LogP contribution in [0.5, 0.6) is 0 Å². The van der Waals surface area contributed by atoms with Crippen molar-refractivity contribution < 1.29 is 82.6 Å². The summed E-state index contributed by atoms with van der Waals surface area (Å²) in [6.45, 7) is 0. The molecule has 8 radical (unpaired) electrons. The Morgan fingerprint density at radius 2 is 0.400 bits per heavy atom. The predicted molar refractivity (Wildman–Crippen MR) is 25.6 cm³/mol. The Morgan fingerprint density at radius 1 is 0.400 bits per heavy atom. The molecule has 0 bridgehead atoms. The van der Waals surface area contributed by atoms with Crippen LogP contribution in [0.2, 0.25) is 0 Å². The second kappa shape index (κ2) is 22.9. The average Bonchev–Trinajstić information content (AvgIpc) is 0. The van der Waals surface area contributed by atoms with Gasteiger partial charge >= 0.3 is 71.7 Å². The van der Waals surface area contributed by atoms with Crippen LogP contribution >= 0.6 is 0 Å². The second-order valence-corrected chi connectivity index (χ2v) is 0. The summed E-state index contributed by atoms with van der Waals surface area (Å²) in [4.78, 5) is 0. The van der Waals surface area contributed by atoms with Crippen LogP contribution in [-0.4, -0.2) is 71.7 Å². The Morgan fingerprint density at radius 3 is 0.400 bits per heavy atom. The maximum absolute atomic E-state index is 0. The van der Waals surface area contributed by atoms with Gasteiger partial charge in [0.05, 0.1) is 0 Å². The van der Waals surface area contributed by atoms with Crippen molar-refractivity contribution in [3.05, 3.63) is 0 Å². The molecule has 0 aromatic rings. The van der Waals surface area contributed by atoms with Crippen molar-refractivity contribution in [3.8, 4) is 0 Å². The summed E-state index contributed by atoms with van der Waals surface area (Å²) in [6, 6.07) is 0. The molecule has 0 nitrogen and oxygen atoms in total. The standard InChI is InChI=1S/2Pr.3Sn.6H. The first-order chi connectivity index (χ1) is 0. The van der Waals surface area contributed by atoms with Crippen LogP contribution in [-0.2, 0) is 0 Å². The first kappa shape index (κ1) is 32.1. The van der Waals surface area contributed by atoms with Crippen LogP contribution in [0.3, 0.4) is 0 Å². The summed E-state index contributed by atoms with van der Waals surface area (Å²) in [5.74, 6) is 0. The summed E-state index contributed by atoms with van der Waals surface area (Å²) in [5.41, 5.74) is 0. The molecular formula is H6Pr2Sn3. The van der Waals surface area contributed by atoms with E-state index in [0.717, 1.165) is 0 Å². The van der Waals surface area contributed by atoms with E-state index < -0.39 is 0 Å². The van der Waals surface area contributed by atoms with E-state index in [9.17, 15) is 0 Å². The van der Waals surface area contributed by atoms with Crippen LogP contribution in [0.1, 0.15) is 0 Å². The van der Waals surface area contributed by atoms with Crippen LogP contribution < -0.4 is 0 Å². The molecule has 0 aliphatic heterocycles. The van der Waals surface area contributed by atoms with Crippen molar-refractivity contribution in [2.75, 3.05) is 0 Å². The quantitative estimate of drug-likeness (QED) is 0.252. The molecule has 0 amide bonds. The van der Waals surface area contributed by atoms with Crippen molar-refractivity contribution in [2.24, 2.45) is 0 Å². The van der Waals surface area contributed by atoms with Crippen LogP contribution in [0.4, 0.5) is 0 Å². The molecule has 0 rings (SSSR count). The fourth-order valence-electron chi connectivity index (χ4n) is 0. The molecule has 0 saturated heterocycles. The van der Waals surface area contributed by atoms with Crippen LogP contribution in [0.15, 0.2) is 0 Å². The molecule has 0 saturated carbocycles. The second-order valence-electron chi connectivity index (χ2n) is 0. The van der Waals surface area contributed by atoms with Crippen molar-refractivity contribution in [2.45, 2.75) is 0 Å². The van der Waals surface area contributed by atoms with E-state index in [1.165, 1.54) is 0 Å². The molecule has 0 spiro atoms. The molecule has 0 fully saturated rings. The minimum absolute atomic E-state index is 0. The first-order valence-electron chi connectivity index (χ1n) is 0. The van der Waals surface area contributed by atoms with Gasteiger partial charge in [-0.05, 0) is 0 Å². The topological polar surface area (TPSA) is 0 Å². The molecule has 0 aliphatic rings. The summed E-state index contributed by atoms with van der Waals surface area (Å²) in [6.07, 6.45) is 0. The van der Waals surface area contributed by atoms with Crippen LogP contribution in [0, 0.1) is 82.6 Å². The summed E-state index contributed by atoms with van der Waals surface area (Å²) in [7, 11) is 0. The van der Waals surface area contributed by atoms with Crippen LogP contribution in [0.25, 0.3) is 0 Å². The molecule has 0 atom stereocenters. The van der Waals surface area contributed by atoms with Crippen molar-refractivity contribution >= 4 is 71.7 Å². The van der Waals surface area contributed by atoms with Gasteiger partial charge in [-0.25, -0.2) is 0 Å². The van der Waals surface area contributed by atoms with Gasteiger partial charge in [0.2, 0.25) is 0 Å². The molecule has 0 unspecified atom stereocenters. The third-order valence-electron chi connectivity index (χ3n) is 0. The molecule has 5 heavy (non-hydrogen) atoms. The van der Waals surface area contributed by atoms with Gasteiger partial charge in [-0.15, -0.1) is 0 Å². The van der Waals surface area contributed by atoms with Crippen molar-refractivity contribution in [3.63, 3.8) is 0 Å². The van der Waals surface area contributed by atoms with E-state index in [0.29, 0.717) is 0 Å². The van der Waals surface area contributed by atoms with Crippen molar-refractivity contribution in [1.29, 1.82) is 0 Å². The van der Waals surface area contributed by atoms with E-state index >= 15 is 0 Å². The van der Waals surface area contributed by atoms with E-state index in [2.05, 4.69) is 0 Å². The fourth-order valence-corrected chi connectivity index (χ4v) is 0. The van der Waals surface area contributed by atoms with Gasteiger partial charge in [-0.1, -0.05) is 0 Å². The molecule has 0 N–H and O–H groups in total. The number of hydrogen-bond donors (Lipinski definition) is 0.